The Labute approximate surface area is 117 Å². The number of hydrogen-bond acceptors (Lipinski definition) is 3. The number of aliphatic hydroxyl groups excluding tert-OH is 1. The van der Waals surface area contributed by atoms with Gasteiger partial charge in [-0.05, 0) is 40.8 Å². The number of nitrogens with zero attached hydrogens (tertiary/aromatic N) is 2. The second-order valence-electron chi connectivity index (χ2n) is 5.18. The average molecular weight is 313 g/mol. The minimum Gasteiger partial charge on any atom is -0.392 e. The largest absolute Gasteiger partial charge is 0.392 e. The van der Waals surface area contributed by atoms with Gasteiger partial charge in [-0.25, -0.2) is 4.98 Å². The van der Waals surface area contributed by atoms with Gasteiger partial charge in [0.15, 0.2) is 0 Å². The predicted octanol–water partition coefficient (Wildman–Crippen LogP) is 3.35. The summed E-state index contributed by atoms with van der Waals surface area (Å²) in [5.41, 5.74) is 0.891. The maximum absolute atomic E-state index is 9.41. The predicted molar refractivity (Wildman–Crippen MR) is 77.7 cm³/mol. The van der Waals surface area contributed by atoms with Gasteiger partial charge in [0, 0.05) is 29.8 Å². The summed E-state index contributed by atoms with van der Waals surface area (Å²) < 4.78 is 0.918. The van der Waals surface area contributed by atoms with Gasteiger partial charge in [-0.2, -0.15) is 0 Å². The van der Waals surface area contributed by atoms with E-state index < -0.39 is 0 Å². The summed E-state index contributed by atoms with van der Waals surface area (Å²) in [6.07, 6.45) is 8.56. The molecule has 0 saturated heterocycles. The van der Waals surface area contributed by atoms with Crippen molar-refractivity contribution in [2.24, 2.45) is 5.92 Å². The van der Waals surface area contributed by atoms with Crippen molar-refractivity contribution in [1.29, 1.82) is 0 Å². The fourth-order valence-corrected chi connectivity index (χ4v) is 3.16. The van der Waals surface area contributed by atoms with Crippen LogP contribution in [0.25, 0.3) is 0 Å². The lowest BCUT2D eigenvalue weighted by Crippen LogP contribution is -2.28. The molecule has 100 valence electrons. The van der Waals surface area contributed by atoms with Crippen LogP contribution >= 0.6 is 15.9 Å². The molecule has 0 aromatic carbocycles. The summed E-state index contributed by atoms with van der Waals surface area (Å²) in [6, 6.07) is 1.94. The molecule has 2 rings (SSSR count). The monoisotopic (exact) mass is 312 g/mol. The topological polar surface area (TPSA) is 36.4 Å². The van der Waals surface area contributed by atoms with Gasteiger partial charge in [0.25, 0.3) is 0 Å². The van der Waals surface area contributed by atoms with Crippen LogP contribution in [0, 0.1) is 5.92 Å². The molecule has 1 aromatic rings. The molecule has 0 aliphatic heterocycles. The maximum atomic E-state index is 9.41. The molecule has 0 radical (unpaired) electrons. The van der Waals surface area contributed by atoms with E-state index in [0.29, 0.717) is 0 Å². The lowest BCUT2D eigenvalue weighted by molar-refractivity contribution is 0.281. The zero-order chi connectivity index (χ0) is 13.0. The van der Waals surface area contributed by atoms with Gasteiger partial charge in [-0.3, -0.25) is 0 Å². The fraction of sp³-hybridized carbons (Fsp3) is 0.643. The Balaban J connectivity index is 2.05. The summed E-state index contributed by atoms with van der Waals surface area (Å²) >= 11 is 3.39. The van der Waals surface area contributed by atoms with E-state index in [1.165, 1.54) is 32.1 Å². The van der Waals surface area contributed by atoms with Crippen LogP contribution < -0.4 is 4.90 Å². The van der Waals surface area contributed by atoms with Crippen LogP contribution in [-0.4, -0.2) is 23.7 Å². The number of aliphatic hydroxyl groups is 1. The van der Waals surface area contributed by atoms with Gasteiger partial charge < -0.3 is 10.0 Å². The quantitative estimate of drug-likeness (QED) is 0.926. The summed E-state index contributed by atoms with van der Waals surface area (Å²) in [4.78, 5) is 6.62. The van der Waals surface area contributed by atoms with E-state index in [-0.39, 0.29) is 6.61 Å². The highest BCUT2D eigenvalue weighted by molar-refractivity contribution is 9.10. The molecule has 0 bridgehead atoms. The molecule has 4 heteroatoms. The molecular formula is C14H21BrN2O. The van der Waals surface area contributed by atoms with E-state index in [1.54, 1.807) is 6.20 Å². The third-order valence-corrected chi connectivity index (χ3v) is 4.13. The second kappa shape index (κ2) is 6.53. The average Bonchev–Trinajstić information content (AvgIpc) is 2.39. The van der Waals surface area contributed by atoms with Crippen molar-refractivity contribution in [1.82, 2.24) is 4.98 Å². The minimum atomic E-state index is 0.0385. The Kier molecular flexibility index (Phi) is 5.01. The molecule has 1 N–H and O–H groups in total. The number of rotatable bonds is 4. The SMILES string of the molecule is CN(CC1CCCCC1)c1ncc(Br)cc1CO. The van der Waals surface area contributed by atoms with Crippen LogP contribution in [0.2, 0.25) is 0 Å². The molecule has 3 nitrogen and oxygen atoms in total. The third-order valence-electron chi connectivity index (χ3n) is 3.70. The van der Waals surface area contributed by atoms with Gasteiger partial charge in [0.05, 0.1) is 6.61 Å². The van der Waals surface area contributed by atoms with Crippen LogP contribution in [0.4, 0.5) is 5.82 Å². The molecular weight excluding hydrogens is 292 g/mol. The fourth-order valence-electron chi connectivity index (χ4n) is 2.78. The first-order chi connectivity index (χ1) is 8.70. The van der Waals surface area contributed by atoms with Crippen molar-refractivity contribution in [3.63, 3.8) is 0 Å². The zero-order valence-electron chi connectivity index (χ0n) is 10.9. The molecule has 0 unspecified atom stereocenters. The Morgan fingerprint density at radius 3 is 2.78 bits per heavy atom. The van der Waals surface area contributed by atoms with Gasteiger partial charge in [0.2, 0.25) is 0 Å². The van der Waals surface area contributed by atoms with Crippen LogP contribution in [0.1, 0.15) is 37.7 Å². The van der Waals surface area contributed by atoms with Crippen LogP contribution in [0.5, 0.6) is 0 Å². The number of hydrogen-bond donors (Lipinski definition) is 1. The van der Waals surface area contributed by atoms with Gasteiger partial charge in [0.1, 0.15) is 5.82 Å². The van der Waals surface area contributed by atoms with E-state index in [1.807, 2.05) is 6.07 Å². The standard InChI is InChI=1S/C14H21BrN2O/c1-17(9-11-5-3-2-4-6-11)14-12(10-18)7-13(15)8-16-14/h7-8,11,18H,2-6,9-10H2,1H3. The molecule has 1 aliphatic carbocycles. The first kappa shape index (κ1) is 13.8. The molecule has 1 aromatic heterocycles. The first-order valence-corrected chi connectivity index (χ1v) is 7.46. The number of pyridine rings is 1. The summed E-state index contributed by atoms with van der Waals surface area (Å²) in [7, 11) is 2.07. The minimum absolute atomic E-state index is 0.0385. The number of aromatic nitrogens is 1. The first-order valence-electron chi connectivity index (χ1n) is 6.67. The molecule has 1 aliphatic rings. The summed E-state index contributed by atoms with van der Waals surface area (Å²) in [5, 5.41) is 9.41. The van der Waals surface area contributed by atoms with E-state index >= 15 is 0 Å². The Bertz CT molecular complexity index is 391. The van der Waals surface area contributed by atoms with Crippen molar-refractivity contribution < 1.29 is 5.11 Å². The van der Waals surface area contributed by atoms with Crippen molar-refractivity contribution in [2.75, 3.05) is 18.5 Å². The van der Waals surface area contributed by atoms with E-state index in [0.717, 1.165) is 28.3 Å². The highest BCUT2D eigenvalue weighted by atomic mass is 79.9. The summed E-state index contributed by atoms with van der Waals surface area (Å²) in [5.74, 6) is 1.69. The second-order valence-corrected chi connectivity index (χ2v) is 6.09. The van der Waals surface area contributed by atoms with Crippen LogP contribution in [0.3, 0.4) is 0 Å². The van der Waals surface area contributed by atoms with Crippen molar-refractivity contribution >= 4 is 21.7 Å². The van der Waals surface area contributed by atoms with Crippen molar-refractivity contribution in [3.05, 3.63) is 22.3 Å². The molecule has 0 atom stereocenters. The third kappa shape index (κ3) is 3.45. The summed E-state index contributed by atoms with van der Waals surface area (Å²) in [6.45, 7) is 1.08. The van der Waals surface area contributed by atoms with Crippen molar-refractivity contribution in [3.8, 4) is 0 Å². The number of anilines is 1. The smallest absolute Gasteiger partial charge is 0.133 e. The highest BCUT2D eigenvalue weighted by Gasteiger charge is 2.17. The Morgan fingerprint density at radius 2 is 2.11 bits per heavy atom. The zero-order valence-corrected chi connectivity index (χ0v) is 12.5. The molecule has 0 spiro atoms. The number of halogens is 1. The van der Waals surface area contributed by atoms with Gasteiger partial charge in [-0.15, -0.1) is 0 Å². The Morgan fingerprint density at radius 1 is 1.39 bits per heavy atom. The van der Waals surface area contributed by atoms with E-state index in [2.05, 4.69) is 32.9 Å². The highest BCUT2D eigenvalue weighted by Crippen LogP contribution is 2.27. The normalized spacial score (nSPS) is 16.8. The van der Waals surface area contributed by atoms with Crippen LogP contribution in [0.15, 0.2) is 16.7 Å². The maximum Gasteiger partial charge on any atom is 0.133 e. The Hall–Kier alpha value is -0.610. The lowest BCUT2D eigenvalue weighted by atomic mass is 9.89. The molecule has 18 heavy (non-hydrogen) atoms. The molecule has 0 amide bonds. The molecule has 1 fully saturated rings. The van der Waals surface area contributed by atoms with Gasteiger partial charge in [-0.1, -0.05) is 19.3 Å². The molecule has 1 heterocycles. The van der Waals surface area contributed by atoms with Crippen molar-refractivity contribution in [2.45, 2.75) is 38.7 Å². The lowest BCUT2D eigenvalue weighted by Gasteiger charge is -2.28. The van der Waals surface area contributed by atoms with E-state index in [4.69, 9.17) is 0 Å². The van der Waals surface area contributed by atoms with Gasteiger partial charge >= 0.3 is 0 Å². The van der Waals surface area contributed by atoms with E-state index in [9.17, 15) is 5.11 Å². The molecule has 1 saturated carbocycles. The van der Waals surface area contributed by atoms with Crippen LogP contribution in [-0.2, 0) is 6.61 Å².